The van der Waals surface area contributed by atoms with Crippen molar-refractivity contribution in [3.05, 3.63) is 21.4 Å². The number of likely N-dealkylation sites (tertiary alicyclic amines) is 1. The van der Waals surface area contributed by atoms with Gasteiger partial charge in [-0.05, 0) is 32.4 Å². The maximum Gasteiger partial charge on any atom is 0.264 e. The Morgan fingerprint density at radius 3 is 2.53 bits per heavy atom. The van der Waals surface area contributed by atoms with Crippen molar-refractivity contribution >= 4 is 17.2 Å². The summed E-state index contributed by atoms with van der Waals surface area (Å²) < 4.78 is 0. The smallest absolute Gasteiger partial charge is 0.264 e. The zero-order chi connectivity index (χ0) is 11.2. The molecule has 0 saturated carbocycles. The number of rotatable bonds is 1. The first-order valence-corrected chi connectivity index (χ1v) is 5.79. The number of thiophene rings is 1. The first kappa shape index (κ1) is 10.6. The lowest BCUT2D eigenvalue weighted by molar-refractivity contribution is -0.0667. The lowest BCUT2D eigenvalue weighted by Gasteiger charge is -2.43. The third kappa shape index (κ3) is 1.92. The highest BCUT2D eigenvalue weighted by molar-refractivity contribution is 7.14. The van der Waals surface area contributed by atoms with Gasteiger partial charge in [-0.2, -0.15) is 0 Å². The Hall–Kier alpha value is -0.870. The molecule has 1 N–H and O–H groups in total. The molecule has 1 amide bonds. The molecular weight excluding hydrogens is 210 g/mol. The van der Waals surface area contributed by atoms with E-state index in [-0.39, 0.29) is 5.91 Å². The zero-order valence-corrected chi connectivity index (χ0v) is 10.0. The van der Waals surface area contributed by atoms with Gasteiger partial charge in [0.1, 0.15) is 0 Å². The van der Waals surface area contributed by atoms with Crippen LogP contribution < -0.4 is 0 Å². The van der Waals surface area contributed by atoms with Crippen LogP contribution in [-0.2, 0) is 0 Å². The number of carbonyl (C=O) groups excluding carboxylic acids is 1. The van der Waals surface area contributed by atoms with E-state index in [9.17, 15) is 9.90 Å². The Bertz CT molecular complexity index is 381. The fourth-order valence-electron chi connectivity index (χ4n) is 1.75. The molecule has 1 saturated heterocycles. The lowest BCUT2D eigenvalue weighted by Crippen LogP contribution is -2.61. The van der Waals surface area contributed by atoms with Crippen LogP contribution in [0.3, 0.4) is 0 Å². The first-order chi connectivity index (χ1) is 6.89. The summed E-state index contributed by atoms with van der Waals surface area (Å²) in [5.74, 6) is 0.0442. The second kappa shape index (κ2) is 3.32. The van der Waals surface area contributed by atoms with Crippen LogP contribution in [0.2, 0.25) is 0 Å². The van der Waals surface area contributed by atoms with E-state index in [1.165, 1.54) is 16.2 Å². The average molecular weight is 225 g/mol. The van der Waals surface area contributed by atoms with Crippen LogP contribution in [0.1, 0.15) is 27.0 Å². The highest BCUT2D eigenvalue weighted by Crippen LogP contribution is 2.26. The Balaban J connectivity index is 2.10. The molecule has 1 fully saturated rings. The molecular formula is C11H15NO2S. The van der Waals surface area contributed by atoms with Gasteiger partial charge in [0.25, 0.3) is 5.91 Å². The van der Waals surface area contributed by atoms with Gasteiger partial charge in [0.2, 0.25) is 0 Å². The van der Waals surface area contributed by atoms with Gasteiger partial charge in [-0.1, -0.05) is 0 Å². The molecule has 1 aromatic heterocycles. The number of hydrogen-bond donors (Lipinski definition) is 1. The zero-order valence-electron chi connectivity index (χ0n) is 9.20. The molecule has 2 rings (SSSR count). The van der Waals surface area contributed by atoms with E-state index in [0.717, 1.165) is 10.4 Å². The second-order valence-corrected chi connectivity index (χ2v) is 5.76. The Morgan fingerprint density at radius 1 is 1.53 bits per heavy atom. The Kier molecular flexibility index (Phi) is 2.35. The molecule has 2 heterocycles. The van der Waals surface area contributed by atoms with Crippen molar-refractivity contribution in [2.45, 2.75) is 26.4 Å². The van der Waals surface area contributed by atoms with Crippen molar-refractivity contribution < 1.29 is 9.90 Å². The third-order valence-corrected chi connectivity index (χ3v) is 3.87. The summed E-state index contributed by atoms with van der Waals surface area (Å²) in [4.78, 5) is 15.6. The van der Waals surface area contributed by atoms with Crippen LogP contribution in [0.15, 0.2) is 6.07 Å². The first-order valence-electron chi connectivity index (χ1n) is 4.98. The fraction of sp³-hybridized carbons (Fsp3) is 0.545. The van der Waals surface area contributed by atoms with E-state index in [4.69, 9.17) is 0 Å². The van der Waals surface area contributed by atoms with Crippen LogP contribution in [0, 0.1) is 13.8 Å². The number of carbonyl (C=O) groups is 1. The highest BCUT2D eigenvalue weighted by atomic mass is 32.1. The van der Waals surface area contributed by atoms with Crippen molar-refractivity contribution in [1.29, 1.82) is 0 Å². The maximum atomic E-state index is 11.9. The molecule has 15 heavy (non-hydrogen) atoms. The number of β-amino-alcohol motifs (C(OH)–C–C–N with tert-alkyl or cyclic N) is 1. The van der Waals surface area contributed by atoms with Crippen molar-refractivity contribution in [3.63, 3.8) is 0 Å². The van der Waals surface area contributed by atoms with Gasteiger partial charge in [-0.3, -0.25) is 4.79 Å². The molecule has 0 bridgehead atoms. The molecule has 0 unspecified atom stereocenters. The number of aryl methyl sites for hydroxylation is 2. The van der Waals surface area contributed by atoms with Crippen LogP contribution >= 0.6 is 11.3 Å². The lowest BCUT2D eigenvalue weighted by atomic mass is 9.97. The fourth-order valence-corrected chi connectivity index (χ4v) is 2.76. The molecule has 0 radical (unpaired) electrons. The number of nitrogens with zero attached hydrogens (tertiary/aromatic N) is 1. The SMILES string of the molecule is Cc1cc(C(=O)N2CC(C)(O)C2)sc1C. The largest absolute Gasteiger partial charge is 0.386 e. The molecule has 1 aliphatic rings. The molecule has 0 aromatic carbocycles. The van der Waals surface area contributed by atoms with Gasteiger partial charge in [0.15, 0.2) is 0 Å². The van der Waals surface area contributed by atoms with Gasteiger partial charge in [-0.15, -0.1) is 11.3 Å². The third-order valence-electron chi connectivity index (χ3n) is 2.73. The molecule has 4 heteroatoms. The predicted octanol–water partition coefficient (Wildman–Crippen LogP) is 1.57. The molecule has 1 aromatic rings. The average Bonchev–Trinajstić information content (AvgIpc) is 2.42. The minimum atomic E-state index is -0.684. The summed E-state index contributed by atoms with van der Waals surface area (Å²) in [7, 11) is 0. The summed E-state index contributed by atoms with van der Waals surface area (Å²) in [5, 5.41) is 9.55. The van der Waals surface area contributed by atoms with Crippen molar-refractivity contribution in [2.24, 2.45) is 0 Å². The van der Waals surface area contributed by atoms with E-state index >= 15 is 0 Å². The molecule has 0 spiro atoms. The molecule has 1 aliphatic heterocycles. The van der Waals surface area contributed by atoms with Crippen LogP contribution in [0.5, 0.6) is 0 Å². The summed E-state index contributed by atoms with van der Waals surface area (Å²) in [5.41, 5.74) is 0.479. The van der Waals surface area contributed by atoms with E-state index < -0.39 is 5.60 Å². The monoisotopic (exact) mass is 225 g/mol. The summed E-state index contributed by atoms with van der Waals surface area (Å²) in [6.07, 6.45) is 0. The van der Waals surface area contributed by atoms with Gasteiger partial charge in [0, 0.05) is 4.88 Å². The van der Waals surface area contributed by atoms with E-state index in [0.29, 0.717) is 13.1 Å². The highest BCUT2D eigenvalue weighted by Gasteiger charge is 2.40. The second-order valence-electron chi connectivity index (χ2n) is 4.51. The minimum absolute atomic E-state index is 0.0442. The number of aliphatic hydroxyl groups is 1. The van der Waals surface area contributed by atoms with Crippen LogP contribution in [-0.4, -0.2) is 34.6 Å². The van der Waals surface area contributed by atoms with Crippen molar-refractivity contribution in [3.8, 4) is 0 Å². The summed E-state index contributed by atoms with van der Waals surface area (Å²) in [6, 6.07) is 1.93. The quantitative estimate of drug-likeness (QED) is 0.788. The Morgan fingerprint density at radius 2 is 2.13 bits per heavy atom. The van der Waals surface area contributed by atoms with E-state index in [1.54, 1.807) is 11.8 Å². The molecule has 82 valence electrons. The van der Waals surface area contributed by atoms with Crippen molar-refractivity contribution in [2.75, 3.05) is 13.1 Å². The van der Waals surface area contributed by atoms with Crippen LogP contribution in [0.4, 0.5) is 0 Å². The predicted molar refractivity (Wildman–Crippen MR) is 60.3 cm³/mol. The number of hydrogen-bond acceptors (Lipinski definition) is 3. The summed E-state index contributed by atoms with van der Waals surface area (Å²) >= 11 is 1.53. The summed E-state index contributed by atoms with van der Waals surface area (Å²) in [6.45, 7) is 6.67. The minimum Gasteiger partial charge on any atom is -0.386 e. The normalized spacial score (nSPS) is 18.8. The van der Waals surface area contributed by atoms with Crippen LogP contribution in [0.25, 0.3) is 0 Å². The number of amides is 1. The molecule has 0 aliphatic carbocycles. The Labute approximate surface area is 93.3 Å². The van der Waals surface area contributed by atoms with E-state index in [2.05, 4.69) is 0 Å². The molecule has 3 nitrogen and oxygen atoms in total. The molecule has 0 atom stereocenters. The van der Waals surface area contributed by atoms with E-state index in [1.807, 2.05) is 19.9 Å². The van der Waals surface area contributed by atoms with Gasteiger partial charge in [0.05, 0.1) is 23.6 Å². The van der Waals surface area contributed by atoms with Gasteiger partial charge >= 0.3 is 0 Å². The standard InChI is InChI=1S/C11H15NO2S/c1-7-4-9(15-8(7)2)10(13)12-5-11(3,14)6-12/h4,14H,5-6H2,1-3H3. The topological polar surface area (TPSA) is 40.5 Å². The van der Waals surface area contributed by atoms with Crippen molar-refractivity contribution in [1.82, 2.24) is 4.90 Å². The maximum absolute atomic E-state index is 11.9. The van der Waals surface area contributed by atoms with Gasteiger partial charge < -0.3 is 10.0 Å². The van der Waals surface area contributed by atoms with Gasteiger partial charge in [-0.25, -0.2) is 0 Å².